The smallest absolute Gasteiger partial charge is 0.311 e. The molecule has 0 unspecified atom stereocenters. The molecule has 0 aliphatic carbocycles. The average molecular weight is 466 g/mol. The molecule has 0 saturated heterocycles. The monoisotopic (exact) mass is 465 g/mol. The fraction of sp³-hybridized carbons (Fsp3) is 0.312. The second-order valence-electron chi connectivity index (χ2n) is 5.51. The van der Waals surface area contributed by atoms with E-state index in [-0.39, 0.29) is 33.1 Å². The van der Waals surface area contributed by atoms with Gasteiger partial charge < -0.3 is 10.1 Å². The second kappa shape index (κ2) is 9.66. The number of hydrogen-bond donors (Lipinski definition) is 1. The fourth-order valence-corrected chi connectivity index (χ4v) is 4.68. The van der Waals surface area contributed by atoms with Gasteiger partial charge >= 0.3 is 5.97 Å². The highest BCUT2D eigenvalue weighted by atomic mass is 35.5. The first-order chi connectivity index (χ1) is 13.1. The Morgan fingerprint density at radius 1 is 1.32 bits per heavy atom. The van der Waals surface area contributed by atoms with E-state index in [1.807, 2.05) is 0 Å². The first-order valence-electron chi connectivity index (χ1n) is 7.94. The van der Waals surface area contributed by atoms with Gasteiger partial charge in [0.1, 0.15) is 4.90 Å². The van der Waals surface area contributed by atoms with Crippen LogP contribution in [0.5, 0.6) is 0 Å². The van der Waals surface area contributed by atoms with E-state index in [9.17, 15) is 18.0 Å². The van der Waals surface area contributed by atoms with Crippen molar-refractivity contribution in [2.24, 2.45) is 0 Å². The van der Waals surface area contributed by atoms with Crippen molar-refractivity contribution in [2.45, 2.75) is 18.2 Å². The molecule has 0 bridgehead atoms. The number of halogens is 2. The highest BCUT2D eigenvalue weighted by Gasteiger charge is 2.26. The van der Waals surface area contributed by atoms with Crippen molar-refractivity contribution in [1.29, 1.82) is 0 Å². The summed E-state index contributed by atoms with van der Waals surface area (Å²) in [5.41, 5.74) is 0.449. The number of esters is 1. The van der Waals surface area contributed by atoms with Gasteiger partial charge in [-0.1, -0.05) is 23.2 Å². The van der Waals surface area contributed by atoms with E-state index in [1.165, 1.54) is 25.2 Å². The Hall–Kier alpha value is -1.72. The molecule has 0 radical (unpaired) electrons. The Kier molecular flexibility index (Phi) is 7.79. The van der Waals surface area contributed by atoms with E-state index in [1.54, 1.807) is 12.3 Å². The van der Waals surface area contributed by atoms with Gasteiger partial charge in [0.2, 0.25) is 15.9 Å². The number of aromatic nitrogens is 1. The quantitative estimate of drug-likeness (QED) is 0.600. The van der Waals surface area contributed by atoms with Crippen LogP contribution in [0, 0.1) is 0 Å². The molecular weight excluding hydrogens is 449 g/mol. The zero-order valence-electron chi connectivity index (χ0n) is 14.9. The number of nitrogens with zero attached hydrogens (tertiary/aromatic N) is 2. The van der Waals surface area contributed by atoms with Crippen LogP contribution in [-0.2, 0) is 30.8 Å². The van der Waals surface area contributed by atoms with Crippen LogP contribution < -0.4 is 5.32 Å². The van der Waals surface area contributed by atoms with E-state index in [0.717, 1.165) is 15.6 Å². The van der Waals surface area contributed by atoms with Crippen molar-refractivity contribution in [3.63, 3.8) is 0 Å². The van der Waals surface area contributed by atoms with Crippen LogP contribution >= 0.6 is 34.5 Å². The van der Waals surface area contributed by atoms with Gasteiger partial charge in [0.05, 0.1) is 30.3 Å². The molecule has 0 fully saturated rings. The number of amides is 1. The molecule has 12 heteroatoms. The SMILES string of the molecule is CCOC(=O)Cc1csc(NC(=O)CN(C)S(=O)(=O)c2cc(Cl)ccc2Cl)n1. The number of carbonyl (C=O) groups is 2. The minimum atomic E-state index is -4.02. The van der Waals surface area contributed by atoms with Crippen LogP contribution in [0.15, 0.2) is 28.5 Å². The van der Waals surface area contributed by atoms with Gasteiger partial charge in [-0.3, -0.25) is 9.59 Å². The summed E-state index contributed by atoms with van der Waals surface area (Å²) in [6.45, 7) is 1.51. The van der Waals surface area contributed by atoms with E-state index in [2.05, 4.69) is 10.3 Å². The number of benzene rings is 1. The molecule has 2 aromatic rings. The van der Waals surface area contributed by atoms with Crippen LogP contribution in [0.2, 0.25) is 10.0 Å². The lowest BCUT2D eigenvalue weighted by molar-refractivity contribution is -0.142. The van der Waals surface area contributed by atoms with E-state index >= 15 is 0 Å². The summed E-state index contributed by atoms with van der Waals surface area (Å²) in [7, 11) is -2.77. The van der Waals surface area contributed by atoms with Gasteiger partial charge in [-0.25, -0.2) is 13.4 Å². The lowest BCUT2D eigenvalue weighted by Crippen LogP contribution is -2.35. The Balaban J connectivity index is 2.02. The number of sulfonamides is 1. The molecule has 0 atom stereocenters. The summed E-state index contributed by atoms with van der Waals surface area (Å²) in [5, 5.41) is 4.56. The van der Waals surface area contributed by atoms with Crippen LogP contribution in [0.4, 0.5) is 5.13 Å². The summed E-state index contributed by atoms with van der Waals surface area (Å²) >= 11 is 12.9. The first kappa shape index (κ1) is 22.6. The maximum absolute atomic E-state index is 12.6. The number of carbonyl (C=O) groups excluding carboxylic acids is 2. The number of thiazole rings is 1. The van der Waals surface area contributed by atoms with E-state index < -0.39 is 28.4 Å². The van der Waals surface area contributed by atoms with Gasteiger partial charge in [0.15, 0.2) is 5.13 Å². The van der Waals surface area contributed by atoms with Crippen LogP contribution in [0.3, 0.4) is 0 Å². The molecule has 0 spiro atoms. The maximum Gasteiger partial charge on any atom is 0.311 e. The third-order valence-corrected chi connectivity index (χ3v) is 6.70. The van der Waals surface area contributed by atoms with Crippen molar-refractivity contribution in [1.82, 2.24) is 9.29 Å². The van der Waals surface area contributed by atoms with Crippen molar-refractivity contribution >= 4 is 61.6 Å². The molecule has 28 heavy (non-hydrogen) atoms. The van der Waals surface area contributed by atoms with Crippen molar-refractivity contribution in [3.05, 3.63) is 39.3 Å². The summed E-state index contributed by atoms with van der Waals surface area (Å²) < 4.78 is 30.9. The zero-order chi connectivity index (χ0) is 20.9. The lowest BCUT2D eigenvalue weighted by atomic mass is 10.3. The molecule has 1 aromatic heterocycles. The summed E-state index contributed by atoms with van der Waals surface area (Å²) in [4.78, 5) is 27.5. The number of hydrogen-bond acceptors (Lipinski definition) is 7. The number of nitrogens with one attached hydrogen (secondary N) is 1. The molecule has 8 nitrogen and oxygen atoms in total. The summed E-state index contributed by atoms with van der Waals surface area (Å²) in [6.07, 6.45) is -0.0121. The largest absolute Gasteiger partial charge is 0.466 e. The third-order valence-electron chi connectivity index (χ3n) is 3.38. The first-order valence-corrected chi connectivity index (χ1v) is 11.0. The van der Waals surface area contributed by atoms with Crippen molar-refractivity contribution in [2.75, 3.05) is 25.5 Å². The van der Waals surface area contributed by atoms with Gasteiger partial charge in [-0.05, 0) is 25.1 Å². The topological polar surface area (TPSA) is 106 Å². The standard InChI is InChI=1S/C16H17Cl2N3O5S2/c1-3-26-15(23)7-11-9-27-16(19-11)20-14(22)8-21(2)28(24,25)13-6-10(17)4-5-12(13)18/h4-6,9H,3,7-8H2,1-2H3,(H,19,20,22). The predicted octanol–water partition coefficient (Wildman–Crippen LogP) is 2.81. The molecule has 1 heterocycles. The van der Waals surface area contributed by atoms with Gasteiger partial charge in [0, 0.05) is 17.5 Å². The van der Waals surface area contributed by atoms with Gasteiger partial charge in [0.25, 0.3) is 0 Å². The zero-order valence-corrected chi connectivity index (χ0v) is 18.1. The Labute approximate surface area is 176 Å². The Bertz CT molecular complexity index is 978. The molecule has 1 N–H and O–H groups in total. The fourth-order valence-electron chi connectivity index (χ4n) is 2.09. The average Bonchev–Trinajstić information content (AvgIpc) is 3.03. The van der Waals surface area contributed by atoms with Crippen molar-refractivity contribution in [3.8, 4) is 0 Å². The number of anilines is 1. The third kappa shape index (κ3) is 5.89. The number of ether oxygens (including phenoxy) is 1. The minimum absolute atomic E-state index is 0.000175. The predicted molar refractivity (Wildman–Crippen MR) is 107 cm³/mol. The van der Waals surface area contributed by atoms with E-state index in [0.29, 0.717) is 5.69 Å². The molecular formula is C16H17Cl2N3O5S2. The molecule has 0 aliphatic heterocycles. The van der Waals surface area contributed by atoms with Gasteiger partial charge in [-0.2, -0.15) is 4.31 Å². The van der Waals surface area contributed by atoms with Crippen LogP contribution in [-0.4, -0.2) is 49.8 Å². The highest BCUT2D eigenvalue weighted by Crippen LogP contribution is 2.27. The molecule has 1 aromatic carbocycles. The van der Waals surface area contributed by atoms with Crippen LogP contribution in [0.1, 0.15) is 12.6 Å². The second-order valence-corrected chi connectivity index (χ2v) is 9.22. The van der Waals surface area contributed by atoms with Gasteiger partial charge in [-0.15, -0.1) is 11.3 Å². The van der Waals surface area contributed by atoms with Crippen molar-refractivity contribution < 1.29 is 22.7 Å². The molecule has 2 rings (SSSR count). The summed E-state index contributed by atoms with van der Waals surface area (Å²) in [5.74, 6) is -1.02. The number of likely N-dealkylation sites (N-methyl/N-ethyl adjacent to an activating group) is 1. The van der Waals surface area contributed by atoms with Crippen LogP contribution in [0.25, 0.3) is 0 Å². The maximum atomic E-state index is 12.6. The number of rotatable bonds is 8. The summed E-state index contributed by atoms with van der Waals surface area (Å²) in [6, 6.07) is 4.05. The molecule has 152 valence electrons. The molecule has 0 saturated carbocycles. The highest BCUT2D eigenvalue weighted by molar-refractivity contribution is 7.89. The minimum Gasteiger partial charge on any atom is -0.466 e. The molecule has 0 aliphatic rings. The Morgan fingerprint density at radius 3 is 2.71 bits per heavy atom. The lowest BCUT2D eigenvalue weighted by Gasteiger charge is -2.17. The molecule has 1 amide bonds. The van der Waals surface area contributed by atoms with E-state index in [4.69, 9.17) is 27.9 Å². The normalized spacial score (nSPS) is 11.5. The Morgan fingerprint density at radius 2 is 2.04 bits per heavy atom.